The first-order chi connectivity index (χ1) is 16.2. The minimum absolute atomic E-state index is 0.0319. The second-order valence-corrected chi connectivity index (χ2v) is 11.9. The number of carbonyl (C=O) groups is 1. The number of hydrogen-bond acceptors (Lipinski definition) is 6. The summed E-state index contributed by atoms with van der Waals surface area (Å²) in [5, 5.41) is 0.913. The Hall–Kier alpha value is -2.74. The van der Waals surface area contributed by atoms with Gasteiger partial charge in [0.25, 0.3) is 5.91 Å². The van der Waals surface area contributed by atoms with Gasteiger partial charge >= 0.3 is 0 Å². The van der Waals surface area contributed by atoms with Crippen LogP contribution in [0.5, 0.6) is 0 Å². The number of nitrogens with zero attached hydrogens (tertiary/aromatic N) is 2. The van der Waals surface area contributed by atoms with Gasteiger partial charge in [-0.25, -0.2) is 8.42 Å². The van der Waals surface area contributed by atoms with Gasteiger partial charge in [-0.2, -0.15) is 0 Å². The Bertz CT molecular complexity index is 1330. The molecule has 1 unspecified atom stereocenters. The molecule has 0 radical (unpaired) electrons. The molecule has 8 heteroatoms. The molecule has 7 nitrogen and oxygen atoms in total. The number of piperidine rings is 1. The minimum atomic E-state index is -3.17. The van der Waals surface area contributed by atoms with Crippen molar-refractivity contribution in [1.82, 2.24) is 4.90 Å². The summed E-state index contributed by atoms with van der Waals surface area (Å²) in [6.07, 6.45) is 3.94. The molecule has 34 heavy (non-hydrogen) atoms. The van der Waals surface area contributed by atoms with E-state index in [1.165, 1.54) is 6.42 Å². The van der Waals surface area contributed by atoms with E-state index in [-0.39, 0.29) is 29.7 Å². The summed E-state index contributed by atoms with van der Waals surface area (Å²) < 4.78 is 36.8. The SMILES string of the molecule is Cc1ccc2c(C)c(C(=O)N(Cc3ccc(N4CCCCC4)o3)C3CCS(=O)(=O)C3)oc2c1C. The third-order valence-electron chi connectivity index (χ3n) is 7.37. The molecule has 0 spiro atoms. The van der Waals surface area contributed by atoms with Crippen molar-refractivity contribution in [3.63, 3.8) is 0 Å². The van der Waals surface area contributed by atoms with Crippen LogP contribution >= 0.6 is 0 Å². The molecule has 1 amide bonds. The van der Waals surface area contributed by atoms with Crippen molar-refractivity contribution in [1.29, 1.82) is 0 Å². The zero-order valence-electron chi connectivity index (χ0n) is 20.1. The molecule has 5 rings (SSSR count). The van der Waals surface area contributed by atoms with E-state index in [0.717, 1.165) is 53.9 Å². The molecule has 182 valence electrons. The number of rotatable bonds is 5. The molecule has 1 aromatic carbocycles. The lowest BCUT2D eigenvalue weighted by Gasteiger charge is -2.27. The van der Waals surface area contributed by atoms with E-state index in [1.807, 2.05) is 45.0 Å². The van der Waals surface area contributed by atoms with Crippen LogP contribution in [-0.2, 0) is 16.4 Å². The monoisotopic (exact) mass is 484 g/mol. The number of aryl methyl sites for hydroxylation is 3. The zero-order chi connectivity index (χ0) is 24.0. The van der Waals surface area contributed by atoms with Crippen molar-refractivity contribution >= 4 is 32.6 Å². The number of carbonyl (C=O) groups excluding carboxylic acids is 1. The number of furan rings is 2. The highest BCUT2D eigenvalue weighted by Gasteiger charge is 2.37. The molecule has 2 saturated heterocycles. The predicted octanol–water partition coefficient (Wildman–Crippen LogP) is 4.77. The Morgan fingerprint density at radius 1 is 1.03 bits per heavy atom. The highest BCUT2D eigenvalue weighted by Crippen LogP contribution is 2.32. The van der Waals surface area contributed by atoms with E-state index in [2.05, 4.69) is 4.90 Å². The summed E-state index contributed by atoms with van der Waals surface area (Å²) in [4.78, 5) is 17.7. The predicted molar refractivity (Wildman–Crippen MR) is 132 cm³/mol. The standard InChI is InChI=1S/C26H32N2O5S/c1-17-7-9-22-19(3)25(33-24(22)18(17)2)26(29)28(20-11-14-34(30,31)16-20)15-21-8-10-23(32-21)27-12-5-4-6-13-27/h7-10,20H,4-6,11-16H2,1-3H3. The van der Waals surface area contributed by atoms with Gasteiger partial charge in [0, 0.05) is 36.1 Å². The lowest BCUT2D eigenvalue weighted by molar-refractivity contribution is 0.0635. The Balaban J connectivity index is 1.48. The Labute approximate surface area is 200 Å². The van der Waals surface area contributed by atoms with Gasteiger partial charge in [-0.1, -0.05) is 12.1 Å². The molecule has 0 N–H and O–H groups in total. The number of sulfone groups is 1. The topological polar surface area (TPSA) is 84.0 Å². The molecule has 2 aliphatic heterocycles. The maximum Gasteiger partial charge on any atom is 0.290 e. The number of anilines is 1. The largest absolute Gasteiger partial charge is 0.450 e. The van der Waals surface area contributed by atoms with Crippen LogP contribution in [0.15, 0.2) is 33.1 Å². The number of fused-ring (bicyclic) bond motifs is 1. The van der Waals surface area contributed by atoms with Crippen LogP contribution in [0.1, 0.15) is 58.7 Å². The summed E-state index contributed by atoms with van der Waals surface area (Å²) in [5.41, 5.74) is 3.60. The number of hydrogen-bond donors (Lipinski definition) is 0. The van der Waals surface area contributed by atoms with E-state index in [1.54, 1.807) is 4.90 Å². The molecular formula is C26H32N2O5S. The fourth-order valence-corrected chi connectivity index (χ4v) is 6.87. The molecule has 1 atom stereocenters. The average Bonchev–Trinajstić information content (AvgIpc) is 3.52. The van der Waals surface area contributed by atoms with Crippen LogP contribution in [-0.4, -0.2) is 49.9 Å². The molecule has 2 aliphatic rings. The third-order valence-corrected chi connectivity index (χ3v) is 9.12. The zero-order valence-corrected chi connectivity index (χ0v) is 20.9. The second kappa shape index (κ2) is 8.80. The Morgan fingerprint density at radius 2 is 1.79 bits per heavy atom. The summed E-state index contributed by atoms with van der Waals surface area (Å²) in [7, 11) is -3.17. The van der Waals surface area contributed by atoms with Gasteiger partial charge in [0.1, 0.15) is 11.3 Å². The molecular weight excluding hydrogens is 452 g/mol. The lowest BCUT2D eigenvalue weighted by atomic mass is 10.0. The van der Waals surface area contributed by atoms with Crippen LogP contribution < -0.4 is 4.90 Å². The van der Waals surface area contributed by atoms with E-state index in [0.29, 0.717) is 17.8 Å². The maximum atomic E-state index is 13.8. The van der Waals surface area contributed by atoms with Gasteiger partial charge in [-0.3, -0.25) is 4.79 Å². The quantitative estimate of drug-likeness (QED) is 0.519. The second-order valence-electron chi connectivity index (χ2n) is 9.72. The van der Waals surface area contributed by atoms with Crippen molar-refractivity contribution < 1.29 is 22.0 Å². The van der Waals surface area contributed by atoms with E-state index >= 15 is 0 Å². The van der Waals surface area contributed by atoms with E-state index in [9.17, 15) is 13.2 Å². The van der Waals surface area contributed by atoms with E-state index in [4.69, 9.17) is 8.83 Å². The number of benzene rings is 1. The van der Waals surface area contributed by atoms with Crippen LogP contribution in [0.2, 0.25) is 0 Å². The highest BCUT2D eigenvalue weighted by molar-refractivity contribution is 7.91. The van der Waals surface area contributed by atoms with E-state index < -0.39 is 15.9 Å². The molecule has 0 saturated carbocycles. The third kappa shape index (κ3) is 4.24. The van der Waals surface area contributed by atoms with Gasteiger partial charge in [0.05, 0.1) is 18.1 Å². The van der Waals surface area contributed by atoms with Gasteiger partial charge in [0.15, 0.2) is 21.5 Å². The van der Waals surface area contributed by atoms with Crippen molar-refractivity contribution in [3.05, 3.63) is 52.5 Å². The van der Waals surface area contributed by atoms with Gasteiger partial charge in [-0.05, 0) is 63.6 Å². The van der Waals surface area contributed by atoms with Crippen molar-refractivity contribution in [2.24, 2.45) is 0 Å². The summed E-state index contributed by atoms with van der Waals surface area (Å²) >= 11 is 0. The first-order valence-corrected chi connectivity index (χ1v) is 13.9. The highest BCUT2D eigenvalue weighted by atomic mass is 32.2. The smallest absolute Gasteiger partial charge is 0.290 e. The molecule has 0 bridgehead atoms. The fraction of sp³-hybridized carbons (Fsp3) is 0.500. The average molecular weight is 485 g/mol. The van der Waals surface area contributed by atoms with Crippen LogP contribution in [0.4, 0.5) is 5.88 Å². The van der Waals surface area contributed by atoms with Crippen LogP contribution in [0.25, 0.3) is 11.0 Å². The fourth-order valence-electron chi connectivity index (χ4n) is 5.14. The summed E-state index contributed by atoms with van der Waals surface area (Å²) in [6.45, 7) is 8.03. The molecule has 2 fully saturated rings. The number of amides is 1. The van der Waals surface area contributed by atoms with Crippen molar-refractivity contribution in [3.8, 4) is 0 Å². The first kappa shape index (κ1) is 23.0. The maximum absolute atomic E-state index is 13.8. The van der Waals surface area contributed by atoms with Crippen LogP contribution in [0, 0.1) is 20.8 Å². The van der Waals surface area contributed by atoms with Gasteiger partial charge < -0.3 is 18.6 Å². The van der Waals surface area contributed by atoms with Crippen molar-refractivity contribution in [2.45, 2.75) is 59.0 Å². The summed E-state index contributed by atoms with van der Waals surface area (Å²) in [6, 6.07) is 7.45. The summed E-state index contributed by atoms with van der Waals surface area (Å²) in [5.74, 6) is 1.51. The minimum Gasteiger partial charge on any atom is -0.450 e. The lowest BCUT2D eigenvalue weighted by Crippen LogP contribution is -2.40. The van der Waals surface area contributed by atoms with Gasteiger partial charge in [0.2, 0.25) is 0 Å². The van der Waals surface area contributed by atoms with Crippen molar-refractivity contribution in [2.75, 3.05) is 29.5 Å². The van der Waals surface area contributed by atoms with Crippen LogP contribution in [0.3, 0.4) is 0 Å². The Morgan fingerprint density at radius 3 is 2.50 bits per heavy atom. The molecule has 2 aromatic heterocycles. The first-order valence-electron chi connectivity index (χ1n) is 12.1. The molecule has 3 aromatic rings. The Kier molecular flexibility index (Phi) is 5.96. The molecule has 4 heterocycles. The normalized spacial score (nSPS) is 20.2. The molecule has 0 aliphatic carbocycles. The van der Waals surface area contributed by atoms with Gasteiger partial charge in [-0.15, -0.1) is 0 Å².